The van der Waals surface area contributed by atoms with Gasteiger partial charge in [0.25, 0.3) is 0 Å². The van der Waals surface area contributed by atoms with Gasteiger partial charge in [0.1, 0.15) is 6.54 Å². The summed E-state index contributed by atoms with van der Waals surface area (Å²) in [6, 6.07) is 10.8. The van der Waals surface area contributed by atoms with Gasteiger partial charge < -0.3 is 4.48 Å². The van der Waals surface area contributed by atoms with Crippen LogP contribution in [0.5, 0.6) is 0 Å². The van der Waals surface area contributed by atoms with Crippen LogP contribution in [0.1, 0.15) is 24.8 Å². The number of rotatable bonds is 1. The number of allylic oxidation sites excluding steroid dienone is 4. The Bertz CT molecular complexity index is 635. The fourth-order valence-corrected chi connectivity index (χ4v) is 3.82. The van der Waals surface area contributed by atoms with Crippen molar-refractivity contribution in [1.82, 2.24) is 0 Å². The maximum atomic E-state index is 6.62. The van der Waals surface area contributed by atoms with Crippen molar-refractivity contribution in [3.63, 3.8) is 0 Å². The monoisotopic (exact) mass is 300 g/mol. The molecule has 1 unspecified atom stereocenters. The third-order valence-corrected chi connectivity index (χ3v) is 4.83. The van der Waals surface area contributed by atoms with Crippen LogP contribution in [0.15, 0.2) is 64.2 Å². The SMILES string of the molecule is CC1=CC(Cl)=C2C[N+](C)(C)CC(c3ccccc3)C2=CC1. The molecule has 21 heavy (non-hydrogen) atoms. The molecule has 2 aliphatic rings. The molecule has 1 nitrogen and oxygen atoms in total. The molecule has 1 saturated heterocycles. The van der Waals surface area contributed by atoms with Gasteiger partial charge in [-0.2, -0.15) is 0 Å². The van der Waals surface area contributed by atoms with Crippen molar-refractivity contribution in [2.24, 2.45) is 0 Å². The molecule has 110 valence electrons. The molecule has 1 aliphatic heterocycles. The van der Waals surface area contributed by atoms with Gasteiger partial charge in [0.15, 0.2) is 0 Å². The van der Waals surface area contributed by atoms with Crippen molar-refractivity contribution in [1.29, 1.82) is 0 Å². The van der Waals surface area contributed by atoms with Gasteiger partial charge in [-0.25, -0.2) is 0 Å². The van der Waals surface area contributed by atoms with E-state index in [1.165, 1.54) is 22.3 Å². The van der Waals surface area contributed by atoms with E-state index in [0.29, 0.717) is 5.92 Å². The van der Waals surface area contributed by atoms with E-state index in [-0.39, 0.29) is 0 Å². The topological polar surface area (TPSA) is 0 Å². The van der Waals surface area contributed by atoms with Gasteiger partial charge in [0.05, 0.1) is 26.6 Å². The lowest BCUT2D eigenvalue weighted by atomic mass is 9.81. The van der Waals surface area contributed by atoms with Crippen LogP contribution in [0.3, 0.4) is 0 Å². The molecule has 1 atom stereocenters. The molecule has 1 aliphatic carbocycles. The van der Waals surface area contributed by atoms with Gasteiger partial charge in [0, 0.05) is 10.6 Å². The summed E-state index contributed by atoms with van der Waals surface area (Å²) < 4.78 is 0.981. The number of hydrogen-bond acceptors (Lipinski definition) is 0. The number of halogens is 1. The molecule has 0 spiro atoms. The zero-order valence-corrected chi connectivity index (χ0v) is 13.8. The second kappa shape index (κ2) is 5.47. The molecular formula is C19H23ClN+. The largest absolute Gasteiger partial charge is 0.324 e. The summed E-state index contributed by atoms with van der Waals surface area (Å²) in [7, 11) is 4.59. The van der Waals surface area contributed by atoms with Crippen LogP contribution in [0.25, 0.3) is 0 Å². The Morgan fingerprint density at radius 2 is 1.86 bits per heavy atom. The molecule has 3 rings (SSSR count). The molecule has 0 amide bonds. The first kappa shape index (κ1) is 14.6. The van der Waals surface area contributed by atoms with Gasteiger partial charge in [0.2, 0.25) is 0 Å². The summed E-state index contributed by atoms with van der Waals surface area (Å²) in [6.07, 6.45) is 5.55. The minimum absolute atomic E-state index is 0.443. The van der Waals surface area contributed by atoms with E-state index < -0.39 is 0 Å². The highest BCUT2D eigenvalue weighted by Crippen LogP contribution is 2.41. The van der Waals surface area contributed by atoms with E-state index in [1.807, 2.05) is 0 Å². The lowest BCUT2D eigenvalue weighted by molar-refractivity contribution is -0.888. The van der Waals surface area contributed by atoms with Crippen molar-refractivity contribution in [2.45, 2.75) is 19.3 Å². The summed E-state index contributed by atoms with van der Waals surface area (Å²) in [5, 5.41) is 0.933. The summed E-state index contributed by atoms with van der Waals surface area (Å²) >= 11 is 6.62. The highest BCUT2D eigenvalue weighted by atomic mass is 35.5. The molecule has 1 heterocycles. The number of piperidine rings is 1. The van der Waals surface area contributed by atoms with E-state index >= 15 is 0 Å². The molecular weight excluding hydrogens is 278 g/mol. The van der Waals surface area contributed by atoms with Crippen LogP contribution in [-0.4, -0.2) is 31.7 Å². The molecule has 0 N–H and O–H groups in total. The molecule has 1 fully saturated rings. The molecule has 0 bridgehead atoms. The van der Waals surface area contributed by atoms with E-state index in [1.54, 1.807) is 0 Å². The van der Waals surface area contributed by atoms with E-state index in [0.717, 1.165) is 29.0 Å². The van der Waals surface area contributed by atoms with Crippen molar-refractivity contribution in [3.8, 4) is 0 Å². The van der Waals surface area contributed by atoms with Crippen molar-refractivity contribution < 1.29 is 4.48 Å². The Morgan fingerprint density at radius 1 is 1.14 bits per heavy atom. The third kappa shape index (κ3) is 3.00. The van der Waals surface area contributed by atoms with Crippen molar-refractivity contribution in [2.75, 3.05) is 27.2 Å². The average molecular weight is 301 g/mol. The van der Waals surface area contributed by atoms with Crippen molar-refractivity contribution in [3.05, 3.63) is 69.8 Å². The molecule has 0 saturated carbocycles. The van der Waals surface area contributed by atoms with Crippen LogP contribution in [0.4, 0.5) is 0 Å². The fourth-order valence-electron chi connectivity index (χ4n) is 3.47. The van der Waals surface area contributed by atoms with Gasteiger partial charge in [-0.3, -0.25) is 0 Å². The lowest BCUT2D eigenvalue weighted by Crippen LogP contribution is -2.48. The quantitative estimate of drug-likeness (QED) is 0.663. The summed E-state index contributed by atoms with van der Waals surface area (Å²) in [4.78, 5) is 0. The molecule has 2 heteroatoms. The van der Waals surface area contributed by atoms with Gasteiger partial charge in [-0.1, -0.05) is 53.6 Å². The first-order valence-electron chi connectivity index (χ1n) is 7.59. The number of fused-ring (bicyclic) bond motifs is 1. The van der Waals surface area contributed by atoms with E-state index in [4.69, 9.17) is 11.6 Å². The Kier molecular flexibility index (Phi) is 3.81. The van der Waals surface area contributed by atoms with Crippen LogP contribution in [0.2, 0.25) is 0 Å². The van der Waals surface area contributed by atoms with Crippen LogP contribution in [0, 0.1) is 0 Å². The summed E-state index contributed by atoms with van der Waals surface area (Å²) in [6.45, 7) is 4.30. The minimum atomic E-state index is 0.443. The number of nitrogens with zero attached hydrogens (tertiary/aromatic N) is 1. The first-order chi connectivity index (χ1) is 9.96. The highest BCUT2D eigenvalue weighted by Gasteiger charge is 2.36. The maximum Gasteiger partial charge on any atom is 0.106 e. The smallest absolute Gasteiger partial charge is 0.106 e. The average Bonchev–Trinajstić information content (AvgIpc) is 2.58. The number of hydrogen-bond donors (Lipinski definition) is 0. The summed E-state index contributed by atoms with van der Waals surface area (Å²) in [5.74, 6) is 0.443. The Balaban J connectivity index is 2.11. The predicted octanol–water partition coefficient (Wildman–Crippen LogP) is 4.63. The summed E-state index contributed by atoms with van der Waals surface area (Å²) in [5.41, 5.74) is 5.51. The maximum absolute atomic E-state index is 6.62. The second-order valence-corrected chi connectivity index (χ2v) is 7.33. The zero-order chi connectivity index (χ0) is 15.0. The molecule has 1 aromatic rings. The number of likely N-dealkylation sites (N-methyl/N-ethyl adjacent to an activating group) is 1. The van der Waals surface area contributed by atoms with E-state index in [9.17, 15) is 0 Å². The lowest BCUT2D eigenvalue weighted by Gasteiger charge is -2.41. The van der Waals surface area contributed by atoms with E-state index in [2.05, 4.69) is 63.5 Å². The Labute approximate surface area is 132 Å². The Morgan fingerprint density at radius 3 is 2.57 bits per heavy atom. The molecule has 1 aromatic carbocycles. The third-order valence-electron chi connectivity index (χ3n) is 4.49. The van der Waals surface area contributed by atoms with Gasteiger partial charge in [-0.15, -0.1) is 0 Å². The predicted molar refractivity (Wildman–Crippen MR) is 90.4 cm³/mol. The first-order valence-corrected chi connectivity index (χ1v) is 7.97. The second-order valence-electron chi connectivity index (χ2n) is 6.92. The standard InChI is InChI=1S/C19H23ClN/c1-14-9-10-16-17(15-7-5-4-6-8-15)12-21(2,3)13-18(16)19(20)11-14/h4-8,10-11,17H,9,12-13H2,1-3H3/q+1. The molecule has 0 radical (unpaired) electrons. The Hall–Kier alpha value is -1.31. The van der Waals surface area contributed by atoms with Crippen LogP contribution >= 0.6 is 11.6 Å². The number of quaternary nitrogens is 1. The highest BCUT2D eigenvalue weighted by molar-refractivity contribution is 6.32. The normalized spacial score (nSPS) is 24.9. The zero-order valence-electron chi connectivity index (χ0n) is 13.1. The van der Waals surface area contributed by atoms with Crippen LogP contribution < -0.4 is 0 Å². The van der Waals surface area contributed by atoms with Gasteiger partial charge >= 0.3 is 0 Å². The number of benzene rings is 1. The number of likely N-dealkylation sites (tertiary alicyclic amines) is 1. The van der Waals surface area contributed by atoms with Crippen LogP contribution in [-0.2, 0) is 0 Å². The molecule has 0 aromatic heterocycles. The van der Waals surface area contributed by atoms with Crippen molar-refractivity contribution >= 4 is 11.6 Å². The fraction of sp³-hybridized carbons (Fsp3) is 0.368. The minimum Gasteiger partial charge on any atom is -0.324 e. The van der Waals surface area contributed by atoms with Gasteiger partial charge in [-0.05, 0) is 30.6 Å².